The number of alkyl halides is 1. The van der Waals surface area contributed by atoms with Gasteiger partial charge in [0.05, 0.1) is 0 Å². The third kappa shape index (κ3) is 2.88. The van der Waals surface area contributed by atoms with Gasteiger partial charge < -0.3 is 4.90 Å². The molecule has 0 aromatic heterocycles. The van der Waals surface area contributed by atoms with Crippen LogP contribution in [0.1, 0.15) is 39.0 Å². The van der Waals surface area contributed by atoms with E-state index in [2.05, 4.69) is 0 Å². The van der Waals surface area contributed by atoms with Gasteiger partial charge >= 0.3 is 0 Å². The minimum atomic E-state index is -0.0383. The lowest BCUT2D eigenvalue weighted by atomic mass is 9.94. The zero-order chi connectivity index (χ0) is 10.6. The van der Waals surface area contributed by atoms with Gasteiger partial charge in [0.1, 0.15) is 0 Å². The lowest BCUT2D eigenvalue weighted by molar-refractivity contribution is -0.135. The van der Waals surface area contributed by atoms with Crippen molar-refractivity contribution in [1.82, 2.24) is 4.90 Å². The van der Waals surface area contributed by atoms with E-state index in [0.717, 1.165) is 12.8 Å². The zero-order valence-corrected chi connectivity index (χ0v) is 9.89. The van der Waals surface area contributed by atoms with Crippen LogP contribution in [0.4, 0.5) is 0 Å². The monoisotopic (exact) mass is 217 g/mol. The molecule has 0 aromatic rings. The first kappa shape index (κ1) is 11.8. The molecule has 1 aliphatic carbocycles. The highest BCUT2D eigenvalue weighted by atomic mass is 35.5. The molecule has 14 heavy (non-hydrogen) atoms. The third-order valence-electron chi connectivity index (χ3n) is 3.12. The molecule has 1 fully saturated rings. The lowest BCUT2D eigenvalue weighted by Crippen LogP contribution is -2.41. The number of nitrogens with zero attached hydrogens (tertiary/aromatic N) is 1. The van der Waals surface area contributed by atoms with Crippen molar-refractivity contribution in [3.05, 3.63) is 0 Å². The van der Waals surface area contributed by atoms with Crippen LogP contribution < -0.4 is 0 Å². The van der Waals surface area contributed by atoms with Crippen LogP contribution in [0.2, 0.25) is 0 Å². The van der Waals surface area contributed by atoms with Crippen molar-refractivity contribution in [3.63, 3.8) is 0 Å². The molecular formula is C11H20ClNO. The predicted octanol–water partition coefficient (Wildman–Crippen LogP) is 2.65. The maximum absolute atomic E-state index is 11.8. The molecule has 3 heteroatoms. The largest absolute Gasteiger partial charge is 0.343 e. The smallest absolute Gasteiger partial charge is 0.226 e. The maximum atomic E-state index is 11.8. The Morgan fingerprint density at radius 3 is 2.50 bits per heavy atom. The first-order valence-electron chi connectivity index (χ1n) is 5.49. The molecule has 0 aromatic carbocycles. The van der Waals surface area contributed by atoms with E-state index in [1.165, 1.54) is 19.3 Å². The van der Waals surface area contributed by atoms with Gasteiger partial charge in [0.2, 0.25) is 5.91 Å². The molecule has 1 saturated carbocycles. The van der Waals surface area contributed by atoms with Gasteiger partial charge in [-0.2, -0.15) is 0 Å². The summed E-state index contributed by atoms with van der Waals surface area (Å²) >= 11 is 5.68. The summed E-state index contributed by atoms with van der Waals surface area (Å²) < 4.78 is 0. The van der Waals surface area contributed by atoms with Crippen LogP contribution in [0.3, 0.4) is 0 Å². The molecule has 0 saturated heterocycles. The van der Waals surface area contributed by atoms with Crippen molar-refractivity contribution in [1.29, 1.82) is 0 Å². The van der Waals surface area contributed by atoms with E-state index in [1.54, 1.807) is 0 Å². The number of carbonyl (C=O) groups excluding carboxylic acids is 1. The predicted molar refractivity (Wildman–Crippen MR) is 59.5 cm³/mol. The Morgan fingerprint density at radius 2 is 2.00 bits per heavy atom. The number of rotatable bonds is 3. The molecule has 0 aliphatic heterocycles. The van der Waals surface area contributed by atoms with Gasteiger partial charge in [-0.25, -0.2) is 0 Å². The number of hydrogen-bond donors (Lipinski definition) is 0. The van der Waals surface area contributed by atoms with Crippen LogP contribution in [-0.4, -0.2) is 29.8 Å². The topological polar surface area (TPSA) is 20.3 Å². The Labute approximate surface area is 91.6 Å². The van der Waals surface area contributed by atoms with Crippen molar-refractivity contribution >= 4 is 17.5 Å². The first-order valence-corrected chi connectivity index (χ1v) is 6.03. The molecule has 1 rings (SSSR count). The molecule has 0 bridgehead atoms. The summed E-state index contributed by atoms with van der Waals surface area (Å²) in [6.45, 7) is 1.90. The Kier molecular flexibility index (Phi) is 4.73. The Balaban J connectivity index is 2.45. The summed E-state index contributed by atoms with van der Waals surface area (Å²) in [6.07, 6.45) is 6.17. The van der Waals surface area contributed by atoms with Crippen molar-refractivity contribution in [3.8, 4) is 0 Å². The minimum absolute atomic E-state index is 0.0383. The van der Waals surface area contributed by atoms with Gasteiger partial charge in [0, 0.05) is 24.9 Å². The molecule has 0 heterocycles. The third-order valence-corrected chi connectivity index (χ3v) is 3.59. The average molecular weight is 218 g/mol. The van der Waals surface area contributed by atoms with Crippen LogP contribution in [-0.2, 0) is 4.79 Å². The highest BCUT2D eigenvalue weighted by Gasteiger charge is 2.24. The van der Waals surface area contributed by atoms with Gasteiger partial charge in [-0.1, -0.05) is 26.2 Å². The van der Waals surface area contributed by atoms with E-state index in [4.69, 9.17) is 11.6 Å². The summed E-state index contributed by atoms with van der Waals surface area (Å²) in [4.78, 5) is 13.7. The maximum Gasteiger partial charge on any atom is 0.226 e. The molecule has 1 atom stereocenters. The Hall–Kier alpha value is -0.240. The van der Waals surface area contributed by atoms with E-state index in [9.17, 15) is 4.79 Å². The lowest BCUT2D eigenvalue weighted by Gasteiger charge is -2.32. The Morgan fingerprint density at radius 1 is 1.43 bits per heavy atom. The van der Waals surface area contributed by atoms with Gasteiger partial charge in [0.25, 0.3) is 0 Å². The van der Waals surface area contributed by atoms with Crippen LogP contribution in [0.25, 0.3) is 0 Å². The molecule has 0 spiro atoms. The summed E-state index contributed by atoms with van der Waals surface area (Å²) in [7, 11) is 1.92. The van der Waals surface area contributed by atoms with Crippen LogP contribution in [0.5, 0.6) is 0 Å². The molecule has 2 nitrogen and oxygen atoms in total. The zero-order valence-electron chi connectivity index (χ0n) is 9.13. The highest BCUT2D eigenvalue weighted by Crippen LogP contribution is 2.22. The van der Waals surface area contributed by atoms with E-state index in [-0.39, 0.29) is 11.8 Å². The molecule has 1 amide bonds. The Bertz CT molecular complexity index is 190. The first-order chi connectivity index (χ1) is 6.66. The molecular weight excluding hydrogens is 198 g/mol. The number of carbonyl (C=O) groups is 1. The molecule has 1 aliphatic rings. The van der Waals surface area contributed by atoms with E-state index in [1.807, 2.05) is 18.9 Å². The second-order valence-electron chi connectivity index (χ2n) is 4.30. The van der Waals surface area contributed by atoms with Crippen molar-refractivity contribution < 1.29 is 4.79 Å². The van der Waals surface area contributed by atoms with Gasteiger partial charge in [-0.3, -0.25) is 4.79 Å². The summed E-state index contributed by atoms with van der Waals surface area (Å²) in [6, 6.07) is 0.460. The van der Waals surface area contributed by atoms with E-state index >= 15 is 0 Å². The van der Waals surface area contributed by atoms with Crippen LogP contribution in [0.15, 0.2) is 0 Å². The fraction of sp³-hybridized carbons (Fsp3) is 0.909. The number of hydrogen-bond acceptors (Lipinski definition) is 1. The van der Waals surface area contributed by atoms with E-state index in [0.29, 0.717) is 11.9 Å². The number of amides is 1. The van der Waals surface area contributed by atoms with Gasteiger partial charge in [-0.15, -0.1) is 11.6 Å². The molecule has 0 N–H and O–H groups in total. The normalized spacial score (nSPS) is 20.5. The average Bonchev–Trinajstić information content (AvgIpc) is 2.27. The quantitative estimate of drug-likeness (QED) is 0.666. The SMILES string of the molecule is CC(CCl)C(=O)N(C)C1CCCCC1. The standard InChI is InChI=1S/C11H20ClNO/c1-9(8-12)11(14)13(2)10-6-4-3-5-7-10/h9-10H,3-8H2,1-2H3. The van der Waals surface area contributed by atoms with Crippen molar-refractivity contribution in [2.75, 3.05) is 12.9 Å². The van der Waals surface area contributed by atoms with Gasteiger partial charge in [-0.05, 0) is 12.8 Å². The molecule has 0 radical (unpaired) electrons. The fourth-order valence-corrected chi connectivity index (χ4v) is 2.19. The van der Waals surface area contributed by atoms with Gasteiger partial charge in [0.15, 0.2) is 0 Å². The summed E-state index contributed by atoms with van der Waals surface area (Å²) in [5.74, 6) is 0.589. The van der Waals surface area contributed by atoms with Crippen LogP contribution >= 0.6 is 11.6 Å². The highest BCUT2D eigenvalue weighted by molar-refractivity contribution is 6.19. The summed E-state index contributed by atoms with van der Waals surface area (Å²) in [5, 5.41) is 0. The molecule has 1 unspecified atom stereocenters. The summed E-state index contributed by atoms with van der Waals surface area (Å²) in [5.41, 5.74) is 0. The van der Waals surface area contributed by atoms with Crippen molar-refractivity contribution in [2.24, 2.45) is 5.92 Å². The second-order valence-corrected chi connectivity index (χ2v) is 4.60. The minimum Gasteiger partial charge on any atom is -0.343 e. The van der Waals surface area contributed by atoms with Crippen molar-refractivity contribution in [2.45, 2.75) is 45.1 Å². The van der Waals surface area contributed by atoms with E-state index < -0.39 is 0 Å². The number of halogens is 1. The fourth-order valence-electron chi connectivity index (χ4n) is 2.06. The molecule has 82 valence electrons. The van der Waals surface area contributed by atoms with Crippen LogP contribution in [0, 0.1) is 5.92 Å². The second kappa shape index (κ2) is 5.59.